The molecule has 0 saturated heterocycles. The van der Waals surface area contributed by atoms with Gasteiger partial charge in [0.25, 0.3) is 10.1 Å². The summed E-state index contributed by atoms with van der Waals surface area (Å²) in [7, 11) is -4.58. The molecule has 2 amide bonds. The molecule has 0 aromatic heterocycles. The summed E-state index contributed by atoms with van der Waals surface area (Å²) in [5, 5.41) is 5.60. The van der Waals surface area contributed by atoms with Crippen molar-refractivity contribution in [2.45, 2.75) is 244 Å². The third-order valence-corrected chi connectivity index (χ3v) is 12.0. The number of amides is 2. The first-order valence-electron chi connectivity index (χ1n) is 22.0. The van der Waals surface area contributed by atoms with Gasteiger partial charge in [-0.25, -0.2) is 0 Å². The molecule has 0 aliphatic carbocycles. The molecule has 3 N–H and O–H groups in total. The smallest absolute Gasteiger partial charge is 0.274 e. The zero-order chi connectivity index (χ0) is 38.6. The predicted octanol–water partition coefficient (Wildman–Crippen LogP) is 12.8. The topological polar surface area (TPSA) is 113 Å². The summed E-state index contributed by atoms with van der Waals surface area (Å²) in [6, 6.07) is 0. The second-order valence-electron chi connectivity index (χ2n) is 15.5. The quantitative estimate of drug-likeness (QED) is 0.0251. The summed E-state index contributed by atoms with van der Waals surface area (Å²) in [5.74, 6) is -0.594. The summed E-state index contributed by atoms with van der Waals surface area (Å²) in [6.45, 7) is 7.96. The zero-order valence-corrected chi connectivity index (χ0v) is 35.3. The number of rotatable bonds is 38. The Balaban J connectivity index is 4.58. The molecule has 0 aliphatic rings. The predicted molar refractivity (Wildman–Crippen MR) is 223 cm³/mol. The molecule has 306 valence electrons. The van der Waals surface area contributed by atoms with Crippen molar-refractivity contribution in [2.24, 2.45) is 0 Å². The van der Waals surface area contributed by atoms with Crippen molar-refractivity contribution < 1.29 is 22.6 Å². The van der Waals surface area contributed by atoms with E-state index in [1.807, 2.05) is 6.92 Å². The van der Waals surface area contributed by atoms with E-state index in [0.29, 0.717) is 19.3 Å². The van der Waals surface area contributed by atoms with Crippen molar-refractivity contribution in [3.05, 3.63) is 24.3 Å². The summed E-state index contributed by atoms with van der Waals surface area (Å²) in [4.78, 5) is 26.1. The fourth-order valence-corrected chi connectivity index (χ4v) is 7.49. The molecular formula is C44H84N2O5S. The molecule has 0 rings (SSSR count). The molecule has 0 aromatic rings. The van der Waals surface area contributed by atoms with Crippen LogP contribution in [-0.2, 0) is 19.7 Å². The van der Waals surface area contributed by atoms with Crippen molar-refractivity contribution in [1.82, 2.24) is 10.6 Å². The second-order valence-corrected chi connectivity index (χ2v) is 17.4. The zero-order valence-electron chi connectivity index (χ0n) is 34.5. The van der Waals surface area contributed by atoms with E-state index in [0.717, 1.165) is 77.0 Å². The lowest BCUT2D eigenvalue weighted by molar-refractivity contribution is -0.125. The molecule has 0 aromatic carbocycles. The van der Waals surface area contributed by atoms with E-state index in [9.17, 15) is 22.6 Å². The Morgan fingerprint density at radius 3 is 1.12 bits per heavy atom. The summed E-state index contributed by atoms with van der Waals surface area (Å²) in [5.41, 5.74) is 0. The van der Waals surface area contributed by atoms with Crippen LogP contribution in [0, 0.1) is 0 Å². The Morgan fingerprint density at radius 1 is 0.500 bits per heavy atom. The number of hydrogen-bond donors (Lipinski definition) is 3. The maximum absolute atomic E-state index is 13.0. The molecule has 0 aliphatic heterocycles. The van der Waals surface area contributed by atoms with E-state index in [1.165, 1.54) is 96.8 Å². The lowest BCUT2D eigenvalue weighted by atomic mass is 9.98. The van der Waals surface area contributed by atoms with E-state index in [2.05, 4.69) is 48.8 Å². The molecule has 0 radical (unpaired) electrons. The van der Waals surface area contributed by atoms with E-state index in [-0.39, 0.29) is 31.1 Å². The number of nitrogens with one attached hydrogen (secondary N) is 2. The molecule has 7 nitrogen and oxygen atoms in total. The van der Waals surface area contributed by atoms with Gasteiger partial charge in [0.1, 0.15) is 10.9 Å². The van der Waals surface area contributed by atoms with Crippen molar-refractivity contribution in [1.29, 1.82) is 0 Å². The third-order valence-electron chi connectivity index (χ3n) is 10.4. The van der Waals surface area contributed by atoms with Gasteiger partial charge in [-0.1, -0.05) is 167 Å². The van der Waals surface area contributed by atoms with Gasteiger partial charge in [0.05, 0.1) is 0 Å². The molecular weight excluding hydrogens is 669 g/mol. The van der Waals surface area contributed by atoms with E-state index in [4.69, 9.17) is 0 Å². The van der Waals surface area contributed by atoms with E-state index >= 15 is 0 Å². The van der Waals surface area contributed by atoms with Gasteiger partial charge >= 0.3 is 0 Å². The van der Waals surface area contributed by atoms with Gasteiger partial charge in [-0.05, 0) is 77.6 Å². The lowest BCUT2D eigenvalue weighted by Gasteiger charge is -2.36. The fourth-order valence-electron chi connectivity index (χ4n) is 6.67. The van der Waals surface area contributed by atoms with Crippen LogP contribution in [0.25, 0.3) is 0 Å². The Hall–Kier alpha value is -1.67. The van der Waals surface area contributed by atoms with Crippen molar-refractivity contribution in [2.75, 3.05) is 0 Å². The van der Waals surface area contributed by atoms with Crippen molar-refractivity contribution in [3.63, 3.8) is 0 Å². The van der Waals surface area contributed by atoms with Crippen LogP contribution in [0.2, 0.25) is 0 Å². The first-order valence-corrected chi connectivity index (χ1v) is 23.4. The second kappa shape index (κ2) is 35.1. The SMILES string of the molecule is CCCCCCCC/C=C\CCCCCCCC(=O)NC(NC(=O)CCCCCCC/C=C\CCCCCCCC)C(C)(CCCCC)S(=O)(=O)O. The fraction of sp³-hybridized carbons (Fsp3) is 0.864. The average molecular weight is 753 g/mol. The Bertz CT molecular complexity index is 958. The van der Waals surface area contributed by atoms with Crippen LogP contribution < -0.4 is 10.6 Å². The van der Waals surface area contributed by atoms with Gasteiger partial charge in [-0.2, -0.15) is 8.42 Å². The van der Waals surface area contributed by atoms with E-state index in [1.54, 1.807) is 0 Å². The molecule has 52 heavy (non-hydrogen) atoms. The minimum absolute atomic E-state index is 0.145. The maximum atomic E-state index is 13.0. The normalized spacial score (nSPS) is 13.3. The maximum Gasteiger partial charge on any atom is 0.274 e. The van der Waals surface area contributed by atoms with Gasteiger partial charge in [-0.3, -0.25) is 14.1 Å². The lowest BCUT2D eigenvalue weighted by Crippen LogP contribution is -2.63. The minimum Gasteiger partial charge on any atom is -0.334 e. The van der Waals surface area contributed by atoms with Crippen LogP contribution >= 0.6 is 0 Å². The van der Waals surface area contributed by atoms with Crippen LogP contribution in [0.5, 0.6) is 0 Å². The number of allylic oxidation sites excluding steroid dienone is 4. The van der Waals surface area contributed by atoms with Gasteiger partial charge in [0.2, 0.25) is 11.8 Å². The van der Waals surface area contributed by atoms with Crippen molar-refractivity contribution >= 4 is 21.9 Å². The van der Waals surface area contributed by atoms with Crippen LogP contribution in [0.3, 0.4) is 0 Å². The average Bonchev–Trinajstić information content (AvgIpc) is 3.10. The number of hydrogen-bond acceptors (Lipinski definition) is 4. The highest BCUT2D eigenvalue weighted by atomic mass is 32.2. The molecule has 1 unspecified atom stereocenters. The summed E-state index contributed by atoms with van der Waals surface area (Å²) >= 11 is 0. The Labute approximate surface area is 322 Å². The number of carbonyl (C=O) groups is 2. The van der Waals surface area contributed by atoms with Gasteiger partial charge < -0.3 is 10.6 Å². The van der Waals surface area contributed by atoms with Crippen LogP contribution in [0.1, 0.15) is 233 Å². The highest BCUT2D eigenvalue weighted by molar-refractivity contribution is 7.87. The Kier molecular flexibility index (Phi) is 33.9. The largest absolute Gasteiger partial charge is 0.334 e. The molecule has 0 heterocycles. The highest BCUT2D eigenvalue weighted by Gasteiger charge is 2.46. The monoisotopic (exact) mass is 753 g/mol. The summed E-state index contributed by atoms with van der Waals surface area (Å²) in [6.07, 6.45) is 41.4. The first-order chi connectivity index (χ1) is 25.1. The standard InChI is InChI=1S/C44H84N2O5S/c1-5-8-11-13-15-17-19-21-23-25-27-29-31-33-35-38-41(47)45-43(44(4,52(49,50)51)40-37-10-7-3)46-42(48)39-36-34-32-30-28-26-24-22-20-18-16-14-12-9-6-2/h21-24,43H,5-20,25-40H2,1-4H3,(H,45,47)(H,46,48)(H,49,50,51)/b23-21-,24-22-. The van der Waals surface area contributed by atoms with Crippen LogP contribution in [-0.4, -0.2) is 35.7 Å². The van der Waals surface area contributed by atoms with Crippen LogP contribution in [0.4, 0.5) is 0 Å². The number of carbonyl (C=O) groups excluding carboxylic acids is 2. The third kappa shape index (κ3) is 28.8. The Morgan fingerprint density at radius 2 is 0.788 bits per heavy atom. The van der Waals surface area contributed by atoms with Gasteiger partial charge in [-0.15, -0.1) is 0 Å². The molecule has 1 atom stereocenters. The number of unbranched alkanes of at least 4 members (excludes halogenated alkanes) is 24. The van der Waals surface area contributed by atoms with Gasteiger partial charge in [0, 0.05) is 12.8 Å². The molecule has 0 bridgehead atoms. The highest BCUT2D eigenvalue weighted by Crippen LogP contribution is 2.27. The molecule has 0 fully saturated rings. The molecule has 0 spiro atoms. The molecule has 8 heteroatoms. The van der Waals surface area contributed by atoms with E-state index < -0.39 is 21.0 Å². The first kappa shape index (κ1) is 50.3. The molecule has 0 saturated carbocycles. The van der Waals surface area contributed by atoms with Crippen LogP contribution in [0.15, 0.2) is 24.3 Å². The van der Waals surface area contributed by atoms with Crippen molar-refractivity contribution in [3.8, 4) is 0 Å². The minimum atomic E-state index is -4.58. The summed E-state index contributed by atoms with van der Waals surface area (Å²) < 4.78 is 34.0. The van der Waals surface area contributed by atoms with Gasteiger partial charge in [0.15, 0.2) is 0 Å².